The second kappa shape index (κ2) is 7.76. The van der Waals surface area contributed by atoms with Crippen LogP contribution in [0.5, 0.6) is 0 Å². The van der Waals surface area contributed by atoms with Crippen LogP contribution in [0.25, 0.3) is 11.2 Å². The molecule has 3 heterocycles. The molecule has 8 nitrogen and oxygen atoms in total. The van der Waals surface area contributed by atoms with Gasteiger partial charge in [-0.05, 0) is 20.8 Å². The molecular formula is C16H27N7O. The van der Waals surface area contributed by atoms with E-state index in [1.807, 2.05) is 13.3 Å². The van der Waals surface area contributed by atoms with Crippen LogP contribution in [-0.4, -0.2) is 70.4 Å². The monoisotopic (exact) mass is 333 g/mol. The molecule has 3 rings (SSSR count). The van der Waals surface area contributed by atoms with Gasteiger partial charge in [0.15, 0.2) is 17.0 Å². The van der Waals surface area contributed by atoms with Crippen molar-refractivity contribution in [3.05, 3.63) is 6.33 Å². The molecule has 0 aromatic carbocycles. The van der Waals surface area contributed by atoms with Gasteiger partial charge in [0.2, 0.25) is 5.95 Å². The van der Waals surface area contributed by atoms with Gasteiger partial charge in [0.05, 0.1) is 19.5 Å². The highest BCUT2D eigenvalue weighted by molar-refractivity contribution is 5.84. The first-order valence-electron chi connectivity index (χ1n) is 8.71. The van der Waals surface area contributed by atoms with Crippen molar-refractivity contribution in [1.82, 2.24) is 24.4 Å². The maximum atomic E-state index is 5.39. The van der Waals surface area contributed by atoms with Gasteiger partial charge in [-0.3, -0.25) is 4.90 Å². The standard InChI is InChI=1S/C16H27N7O/c1-4-17-16-20-14(18-5-6-22-7-9-24-10-8-22)13-15(21-16)23(11-19-13)12(2)3/h11-12H,4-10H2,1-3H3,(H2,17,18,20,21). The Kier molecular flexibility index (Phi) is 5.47. The number of nitrogens with zero attached hydrogens (tertiary/aromatic N) is 5. The van der Waals surface area contributed by atoms with E-state index in [2.05, 4.69) is 48.9 Å². The number of hydrogen-bond acceptors (Lipinski definition) is 7. The van der Waals surface area contributed by atoms with Crippen LogP contribution >= 0.6 is 0 Å². The zero-order valence-corrected chi connectivity index (χ0v) is 14.7. The maximum absolute atomic E-state index is 5.39. The van der Waals surface area contributed by atoms with Gasteiger partial charge in [0.1, 0.15) is 0 Å². The van der Waals surface area contributed by atoms with E-state index in [9.17, 15) is 0 Å². The normalized spacial score (nSPS) is 16.0. The highest BCUT2D eigenvalue weighted by Crippen LogP contribution is 2.23. The predicted molar refractivity (Wildman–Crippen MR) is 95.6 cm³/mol. The highest BCUT2D eigenvalue weighted by Gasteiger charge is 2.15. The van der Waals surface area contributed by atoms with E-state index in [0.29, 0.717) is 12.0 Å². The number of anilines is 2. The molecule has 8 heteroatoms. The average Bonchev–Trinajstić information content (AvgIpc) is 3.00. The van der Waals surface area contributed by atoms with Crippen LogP contribution in [0, 0.1) is 0 Å². The minimum absolute atomic E-state index is 0.306. The number of aromatic nitrogens is 4. The fourth-order valence-corrected chi connectivity index (χ4v) is 2.81. The van der Waals surface area contributed by atoms with Gasteiger partial charge in [-0.25, -0.2) is 4.98 Å². The van der Waals surface area contributed by atoms with E-state index in [-0.39, 0.29) is 0 Å². The molecule has 0 unspecified atom stereocenters. The summed E-state index contributed by atoms with van der Waals surface area (Å²) in [5, 5.41) is 6.64. The second-order valence-electron chi connectivity index (χ2n) is 6.22. The van der Waals surface area contributed by atoms with Gasteiger partial charge in [-0.15, -0.1) is 0 Å². The van der Waals surface area contributed by atoms with Gasteiger partial charge in [0, 0.05) is 38.8 Å². The van der Waals surface area contributed by atoms with Crippen LogP contribution in [0.2, 0.25) is 0 Å². The van der Waals surface area contributed by atoms with Crippen molar-refractivity contribution in [1.29, 1.82) is 0 Å². The highest BCUT2D eigenvalue weighted by atomic mass is 16.5. The number of imidazole rings is 1. The molecule has 1 fully saturated rings. The van der Waals surface area contributed by atoms with Crippen molar-refractivity contribution < 1.29 is 4.74 Å². The summed E-state index contributed by atoms with van der Waals surface area (Å²) in [4.78, 5) is 16.1. The Morgan fingerprint density at radius 1 is 1.21 bits per heavy atom. The number of ether oxygens (including phenoxy) is 1. The third-order valence-corrected chi connectivity index (χ3v) is 4.14. The molecule has 0 amide bonds. The first-order chi connectivity index (χ1) is 11.7. The Balaban J connectivity index is 1.77. The number of nitrogens with one attached hydrogen (secondary N) is 2. The fraction of sp³-hybridized carbons (Fsp3) is 0.688. The quantitative estimate of drug-likeness (QED) is 0.796. The third-order valence-electron chi connectivity index (χ3n) is 4.14. The molecule has 0 spiro atoms. The molecule has 1 aliphatic rings. The molecule has 1 aliphatic heterocycles. The lowest BCUT2D eigenvalue weighted by Crippen LogP contribution is -2.39. The fourth-order valence-electron chi connectivity index (χ4n) is 2.81. The smallest absolute Gasteiger partial charge is 0.226 e. The lowest BCUT2D eigenvalue weighted by atomic mass is 10.4. The van der Waals surface area contributed by atoms with E-state index in [1.54, 1.807) is 0 Å². The SMILES string of the molecule is CCNc1nc(NCCN2CCOCC2)c2ncn(C(C)C)c2n1. The molecule has 0 saturated carbocycles. The first-order valence-corrected chi connectivity index (χ1v) is 8.71. The summed E-state index contributed by atoms with van der Waals surface area (Å²) in [6.45, 7) is 12.5. The maximum Gasteiger partial charge on any atom is 0.226 e. The summed E-state index contributed by atoms with van der Waals surface area (Å²) in [7, 11) is 0. The van der Waals surface area contributed by atoms with E-state index >= 15 is 0 Å². The van der Waals surface area contributed by atoms with E-state index in [1.165, 1.54) is 0 Å². The van der Waals surface area contributed by atoms with Crippen molar-refractivity contribution in [3.8, 4) is 0 Å². The van der Waals surface area contributed by atoms with Crippen molar-refractivity contribution >= 4 is 22.9 Å². The lowest BCUT2D eigenvalue weighted by Gasteiger charge is -2.26. The van der Waals surface area contributed by atoms with Gasteiger partial charge in [0.25, 0.3) is 0 Å². The lowest BCUT2D eigenvalue weighted by molar-refractivity contribution is 0.0398. The predicted octanol–water partition coefficient (Wildman–Crippen LogP) is 1.58. The number of rotatable bonds is 7. The zero-order chi connectivity index (χ0) is 16.9. The summed E-state index contributed by atoms with van der Waals surface area (Å²) in [6, 6.07) is 0.306. The van der Waals surface area contributed by atoms with Crippen LogP contribution in [0.1, 0.15) is 26.8 Å². The van der Waals surface area contributed by atoms with Gasteiger partial charge in [-0.1, -0.05) is 0 Å². The molecule has 0 atom stereocenters. The van der Waals surface area contributed by atoms with E-state index in [0.717, 1.165) is 62.9 Å². The Bertz CT molecular complexity index is 664. The Labute approximate surface area is 142 Å². The van der Waals surface area contributed by atoms with Crippen molar-refractivity contribution in [2.75, 3.05) is 56.6 Å². The number of fused-ring (bicyclic) bond motifs is 1. The van der Waals surface area contributed by atoms with Gasteiger partial charge < -0.3 is 19.9 Å². The molecule has 2 N–H and O–H groups in total. The van der Waals surface area contributed by atoms with Crippen molar-refractivity contribution in [2.45, 2.75) is 26.8 Å². The average molecular weight is 333 g/mol. The molecule has 2 aromatic heterocycles. The summed E-state index contributed by atoms with van der Waals surface area (Å²) in [5.74, 6) is 1.44. The van der Waals surface area contributed by atoms with E-state index in [4.69, 9.17) is 4.74 Å². The van der Waals surface area contributed by atoms with Crippen LogP contribution in [0.4, 0.5) is 11.8 Å². The molecule has 0 aliphatic carbocycles. The topological polar surface area (TPSA) is 80.1 Å². The Morgan fingerprint density at radius 2 is 2.00 bits per heavy atom. The zero-order valence-electron chi connectivity index (χ0n) is 14.7. The molecule has 2 aromatic rings. The van der Waals surface area contributed by atoms with Crippen LogP contribution in [0.3, 0.4) is 0 Å². The minimum atomic E-state index is 0.306. The Morgan fingerprint density at radius 3 is 2.71 bits per heavy atom. The van der Waals surface area contributed by atoms with Crippen LogP contribution < -0.4 is 10.6 Å². The van der Waals surface area contributed by atoms with Crippen LogP contribution in [-0.2, 0) is 4.74 Å². The molecule has 0 bridgehead atoms. The summed E-state index contributed by atoms with van der Waals surface area (Å²) in [5.41, 5.74) is 1.69. The van der Waals surface area contributed by atoms with Crippen molar-refractivity contribution in [3.63, 3.8) is 0 Å². The Hall–Kier alpha value is -1.93. The first kappa shape index (κ1) is 16.9. The van der Waals surface area contributed by atoms with Gasteiger partial charge in [-0.2, -0.15) is 9.97 Å². The number of morpholine rings is 1. The summed E-state index contributed by atoms with van der Waals surface area (Å²) in [6.07, 6.45) is 1.84. The molecular weight excluding hydrogens is 306 g/mol. The molecule has 1 saturated heterocycles. The molecule has 24 heavy (non-hydrogen) atoms. The second-order valence-corrected chi connectivity index (χ2v) is 6.22. The van der Waals surface area contributed by atoms with Crippen molar-refractivity contribution in [2.24, 2.45) is 0 Å². The van der Waals surface area contributed by atoms with Crippen LogP contribution in [0.15, 0.2) is 6.33 Å². The largest absolute Gasteiger partial charge is 0.379 e. The molecule has 132 valence electrons. The minimum Gasteiger partial charge on any atom is -0.379 e. The number of hydrogen-bond donors (Lipinski definition) is 2. The summed E-state index contributed by atoms with van der Waals surface area (Å²) >= 11 is 0. The third kappa shape index (κ3) is 3.76. The summed E-state index contributed by atoms with van der Waals surface area (Å²) < 4.78 is 7.46. The van der Waals surface area contributed by atoms with Gasteiger partial charge >= 0.3 is 0 Å². The van der Waals surface area contributed by atoms with E-state index < -0.39 is 0 Å². The molecule has 0 radical (unpaired) electrons.